The highest BCUT2D eigenvalue weighted by atomic mass is 16.3. The van der Waals surface area contributed by atoms with Crippen molar-refractivity contribution in [2.24, 2.45) is 10.2 Å². The van der Waals surface area contributed by atoms with Crippen molar-refractivity contribution in [1.82, 2.24) is 24.7 Å². The number of anilines is 1. The summed E-state index contributed by atoms with van der Waals surface area (Å²) < 4.78 is 1.27. The molecule has 11 heteroatoms. The number of pyridine rings is 1. The zero-order valence-corrected chi connectivity index (χ0v) is 17.9. The molecule has 5 rings (SSSR count). The van der Waals surface area contributed by atoms with Crippen LogP contribution in [0.25, 0.3) is 21.6 Å². The van der Waals surface area contributed by atoms with E-state index in [0.29, 0.717) is 16.6 Å². The molecule has 35 heavy (non-hydrogen) atoms. The number of carbonyl (C=O) groups is 1. The van der Waals surface area contributed by atoms with E-state index < -0.39 is 5.91 Å². The van der Waals surface area contributed by atoms with Crippen LogP contribution in [0.3, 0.4) is 0 Å². The first-order valence-corrected chi connectivity index (χ1v) is 10.3. The molecule has 0 aliphatic heterocycles. The van der Waals surface area contributed by atoms with Gasteiger partial charge < -0.3 is 10.4 Å². The number of hydrogen-bond donors (Lipinski definition) is 2. The number of rotatable bonds is 5. The predicted octanol–water partition coefficient (Wildman–Crippen LogP) is 5.13. The minimum absolute atomic E-state index is 0.0213. The zero-order chi connectivity index (χ0) is 24.2. The molecular formula is C24H15N9O2. The highest BCUT2D eigenvalue weighted by molar-refractivity contribution is 6.16. The van der Waals surface area contributed by atoms with Gasteiger partial charge in [-0.1, -0.05) is 30.3 Å². The number of carbonyl (C=O) groups excluding carboxylic acids is 1. The van der Waals surface area contributed by atoms with Gasteiger partial charge >= 0.3 is 0 Å². The first-order chi connectivity index (χ1) is 17.2. The fraction of sp³-hybridized carbons (Fsp3) is 0. The smallest absolute Gasteiger partial charge is 0.261 e. The van der Waals surface area contributed by atoms with Gasteiger partial charge in [-0.3, -0.25) is 4.79 Å². The lowest BCUT2D eigenvalue weighted by Crippen LogP contribution is -2.13. The second kappa shape index (κ2) is 9.16. The van der Waals surface area contributed by atoms with E-state index >= 15 is 0 Å². The van der Waals surface area contributed by atoms with Crippen LogP contribution in [-0.4, -0.2) is 35.7 Å². The molecule has 3 aromatic heterocycles. The summed E-state index contributed by atoms with van der Waals surface area (Å²) in [6, 6.07) is 15.4. The van der Waals surface area contributed by atoms with Gasteiger partial charge in [0.05, 0.1) is 18.3 Å². The van der Waals surface area contributed by atoms with Crippen molar-refractivity contribution in [3.05, 3.63) is 96.4 Å². The molecule has 2 N–H and O–H groups in total. The van der Waals surface area contributed by atoms with E-state index in [-0.39, 0.29) is 34.5 Å². The molecule has 11 nitrogen and oxygen atoms in total. The topological polar surface area (TPSA) is 135 Å². The number of amides is 1. The summed E-state index contributed by atoms with van der Waals surface area (Å²) in [5.74, 6) is -0.305. The largest absolute Gasteiger partial charge is 0.505 e. The summed E-state index contributed by atoms with van der Waals surface area (Å²) in [6.07, 6.45) is 5.94. The van der Waals surface area contributed by atoms with Crippen LogP contribution in [0.2, 0.25) is 0 Å². The Morgan fingerprint density at radius 2 is 1.77 bits per heavy atom. The van der Waals surface area contributed by atoms with Gasteiger partial charge in [0.25, 0.3) is 17.5 Å². The molecule has 5 aromatic rings. The summed E-state index contributed by atoms with van der Waals surface area (Å²) in [5, 5.41) is 27.4. The average molecular weight is 461 g/mol. The molecule has 2 aromatic carbocycles. The molecule has 0 radical (unpaired) electrons. The van der Waals surface area contributed by atoms with Crippen LogP contribution in [0, 0.1) is 6.57 Å². The van der Waals surface area contributed by atoms with Crippen LogP contribution in [0.4, 0.5) is 23.0 Å². The Hall–Kier alpha value is -5.50. The Balaban J connectivity index is 1.60. The van der Waals surface area contributed by atoms with E-state index in [1.807, 2.05) is 0 Å². The number of aromatic hydroxyl groups is 1. The van der Waals surface area contributed by atoms with Crippen LogP contribution in [0.15, 0.2) is 89.6 Å². The van der Waals surface area contributed by atoms with Crippen molar-refractivity contribution in [2.45, 2.75) is 0 Å². The lowest BCUT2D eigenvalue weighted by Gasteiger charge is -2.11. The van der Waals surface area contributed by atoms with Gasteiger partial charge in [-0.15, -0.1) is 10.2 Å². The zero-order valence-electron chi connectivity index (χ0n) is 17.9. The molecule has 0 atom stereocenters. The van der Waals surface area contributed by atoms with Gasteiger partial charge in [0, 0.05) is 18.6 Å². The fourth-order valence-corrected chi connectivity index (χ4v) is 3.40. The minimum atomic E-state index is -0.556. The molecule has 0 bridgehead atoms. The number of nitrogens with zero attached hydrogens (tertiary/aromatic N) is 8. The van der Waals surface area contributed by atoms with E-state index in [1.54, 1.807) is 60.8 Å². The van der Waals surface area contributed by atoms with Gasteiger partial charge in [0.15, 0.2) is 11.6 Å². The van der Waals surface area contributed by atoms with Gasteiger partial charge in [0.1, 0.15) is 11.5 Å². The molecule has 0 saturated carbocycles. The molecule has 0 aliphatic rings. The van der Waals surface area contributed by atoms with Gasteiger partial charge in [-0.05, 0) is 35.0 Å². The second-order valence-electron chi connectivity index (χ2n) is 7.14. The van der Waals surface area contributed by atoms with Crippen molar-refractivity contribution in [1.29, 1.82) is 0 Å². The van der Waals surface area contributed by atoms with Gasteiger partial charge in [-0.2, -0.15) is 9.78 Å². The number of phenolic OH excluding ortho intramolecular Hbond substituents is 1. The van der Waals surface area contributed by atoms with E-state index in [9.17, 15) is 9.90 Å². The molecule has 0 fully saturated rings. The van der Waals surface area contributed by atoms with Crippen molar-refractivity contribution in [3.63, 3.8) is 0 Å². The third-order valence-corrected chi connectivity index (χ3v) is 4.98. The Morgan fingerprint density at radius 1 is 1.00 bits per heavy atom. The maximum absolute atomic E-state index is 13.1. The number of fused-ring (bicyclic) bond motifs is 1. The number of azo groups is 1. The van der Waals surface area contributed by atoms with Crippen LogP contribution in [0.1, 0.15) is 10.4 Å². The van der Waals surface area contributed by atoms with Crippen molar-refractivity contribution in [3.8, 4) is 11.7 Å². The summed E-state index contributed by atoms with van der Waals surface area (Å²) in [6.45, 7) is 7.41. The van der Waals surface area contributed by atoms with Crippen LogP contribution < -0.4 is 5.32 Å². The van der Waals surface area contributed by atoms with Crippen LogP contribution >= 0.6 is 0 Å². The predicted molar refractivity (Wildman–Crippen MR) is 127 cm³/mol. The highest BCUT2D eigenvalue weighted by Crippen LogP contribution is 2.39. The number of benzene rings is 2. The number of aromatic nitrogens is 5. The second-order valence-corrected chi connectivity index (χ2v) is 7.14. The Bertz CT molecular complexity index is 1610. The summed E-state index contributed by atoms with van der Waals surface area (Å²) in [7, 11) is 0. The quantitative estimate of drug-likeness (QED) is 0.275. The normalized spacial score (nSPS) is 10.9. The standard InChI is InChI=1S/C24H15N9O2/c1-25-18-14-29-33(24-27-11-6-12-28-24)22(18)32-31-17-13-15-7-2-3-8-16(15)20(21(17)34)23(35)30-19-9-4-5-10-26-19/h2-14,34H,(H,26,30,35). The fourth-order valence-electron chi connectivity index (χ4n) is 3.40. The monoisotopic (exact) mass is 461 g/mol. The lowest BCUT2D eigenvalue weighted by molar-refractivity contribution is 0.102. The first kappa shape index (κ1) is 21.4. The Morgan fingerprint density at radius 3 is 2.54 bits per heavy atom. The SMILES string of the molecule is [C-]#[N+]c1cnn(-c2ncccn2)c1N=Nc1cc2ccccc2c(C(=O)Nc2ccccn2)c1O. The number of nitrogens with one attached hydrogen (secondary N) is 1. The van der Waals surface area contributed by atoms with Crippen LogP contribution in [-0.2, 0) is 0 Å². The third-order valence-electron chi connectivity index (χ3n) is 4.98. The van der Waals surface area contributed by atoms with Crippen LogP contribution in [0.5, 0.6) is 5.75 Å². The van der Waals surface area contributed by atoms with E-state index in [0.717, 1.165) is 0 Å². The maximum Gasteiger partial charge on any atom is 0.261 e. The molecular weight excluding hydrogens is 446 g/mol. The van der Waals surface area contributed by atoms with Crippen molar-refractivity contribution < 1.29 is 9.90 Å². The average Bonchev–Trinajstić information content (AvgIpc) is 3.31. The molecule has 0 aliphatic carbocycles. The summed E-state index contributed by atoms with van der Waals surface area (Å²) >= 11 is 0. The number of phenols is 1. The van der Waals surface area contributed by atoms with Gasteiger partial charge in [0.2, 0.25) is 0 Å². The van der Waals surface area contributed by atoms with E-state index in [2.05, 4.69) is 40.4 Å². The van der Waals surface area contributed by atoms with E-state index in [4.69, 9.17) is 6.57 Å². The lowest BCUT2D eigenvalue weighted by atomic mass is 10.0. The maximum atomic E-state index is 13.1. The molecule has 1 amide bonds. The highest BCUT2D eigenvalue weighted by Gasteiger charge is 2.20. The summed E-state index contributed by atoms with van der Waals surface area (Å²) in [5.41, 5.74) is 0.176. The van der Waals surface area contributed by atoms with Gasteiger partial charge in [-0.25, -0.2) is 19.8 Å². The number of hydrogen-bond acceptors (Lipinski definition) is 8. The molecule has 168 valence electrons. The molecule has 0 saturated heterocycles. The molecule has 3 heterocycles. The van der Waals surface area contributed by atoms with Crippen molar-refractivity contribution in [2.75, 3.05) is 5.32 Å². The molecule has 0 unspecified atom stereocenters. The van der Waals surface area contributed by atoms with Crippen molar-refractivity contribution >= 4 is 39.7 Å². The first-order valence-electron chi connectivity index (χ1n) is 10.3. The summed E-state index contributed by atoms with van der Waals surface area (Å²) in [4.78, 5) is 28.9. The third kappa shape index (κ3) is 4.14. The minimum Gasteiger partial charge on any atom is -0.505 e. The van der Waals surface area contributed by atoms with E-state index in [1.165, 1.54) is 23.3 Å². The Labute approximate surface area is 198 Å². The molecule has 0 spiro atoms. The Kier molecular flexibility index (Phi) is 5.59.